The predicted octanol–water partition coefficient (Wildman–Crippen LogP) is 2.16. The van der Waals surface area contributed by atoms with E-state index in [1.54, 1.807) is 20.3 Å². The van der Waals surface area contributed by atoms with Crippen LogP contribution in [0.4, 0.5) is 0 Å². The number of methoxy groups -OCH3 is 2. The van der Waals surface area contributed by atoms with E-state index in [9.17, 15) is 4.79 Å². The van der Waals surface area contributed by atoms with Gasteiger partial charge in [0.2, 0.25) is 0 Å². The third-order valence-corrected chi connectivity index (χ3v) is 2.83. The van der Waals surface area contributed by atoms with Gasteiger partial charge in [0.1, 0.15) is 5.75 Å². The van der Waals surface area contributed by atoms with Gasteiger partial charge in [-0.3, -0.25) is 4.79 Å². The predicted molar refractivity (Wildman–Crippen MR) is 71.2 cm³/mol. The zero-order valence-electron chi connectivity index (χ0n) is 11.7. The second kappa shape index (κ2) is 5.87. The molecule has 1 N–H and O–H groups in total. The second-order valence-corrected chi connectivity index (χ2v) is 4.85. The molecule has 100 valence electrons. The highest BCUT2D eigenvalue weighted by atomic mass is 16.5. The van der Waals surface area contributed by atoms with E-state index in [0.717, 1.165) is 5.56 Å². The highest BCUT2D eigenvalue weighted by Gasteiger charge is 2.19. The normalized spacial score (nSPS) is 11.2. The molecule has 0 heterocycles. The molecule has 1 aromatic carbocycles. The van der Waals surface area contributed by atoms with Crippen LogP contribution in [0.25, 0.3) is 0 Å². The van der Waals surface area contributed by atoms with E-state index in [1.807, 2.05) is 32.9 Å². The number of hydrogen-bond acceptors (Lipinski definition) is 3. The summed E-state index contributed by atoms with van der Waals surface area (Å²) < 4.78 is 10.5. The standard InChI is InChI=1S/C14H21NO3/c1-10-6-7-11(12(8-10)17-4)13(16)15-9-14(2,3)18-5/h6-8H,9H2,1-5H3,(H,15,16). The minimum absolute atomic E-state index is 0.156. The summed E-state index contributed by atoms with van der Waals surface area (Å²) in [7, 11) is 3.18. The first-order chi connectivity index (χ1) is 8.39. The summed E-state index contributed by atoms with van der Waals surface area (Å²) in [6.45, 7) is 6.23. The Morgan fingerprint density at radius 1 is 1.33 bits per heavy atom. The molecule has 4 nitrogen and oxygen atoms in total. The Kier molecular flexibility index (Phi) is 4.73. The van der Waals surface area contributed by atoms with Crippen LogP contribution in [0.15, 0.2) is 18.2 Å². The van der Waals surface area contributed by atoms with E-state index >= 15 is 0 Å². The van der Waals surface area contributed by atoms with Crippen molar-refractivity contribution in [2.45, 2.75) is 26.4 Å². The monoisotopic (exact) mass is 251 g/mol. The van der Waals surface area contributed by atoms with Crippen molar-refractivity contribution in [2.24, 2.45) is 0 Å². The van der Waals surface area contributed by atoms with Crippen molar-refractivity contribution in [1.29, 1.82) is 0 Å². The van der Waals surface area contributed by atoms with Crippen molar-refractivity contribution in [3.63, 3.8) is 0 Å². The zero-order chi connectivity index (χ0) is 13.8. The van der Waals surface area contributed by atoms with Crippen LogP contribution in [0.2, 0.25) is 0 Å². The van der Waals surface area contributed by atoms with E-state index in [4.69, 9.17) is 9.47 Å². The summed E-state index contributed by atoms with van der Waals surface area (Å²) in [5.74, 6) is 0.430. The summed E-state index contributed by atoms with van der Waals surface area (Å²) >= 11 is 0. The zero-order valence-corrected chi connectivity index (χ0v) is 11.7. The molecule has 0 saturated heterocycles. The average Bonchev–Trinajstić information content (AvgIpc) is 2.36. The average molecular weight is 251 g/mol. The fraction of sp³-hybridized carbons (Fsp3) is 0.500. The summed E-state index contributed by atoms with van der Waals surface area (Å²) in [4.78, 5) is 12.1. The number of carbonyl (C=O) groups excluding carboxylic acids is 1. The summed E-state index contributed by atoms with van der Waals surface area (Å²) in [6, 6.07) is 5.50. The molecular weight excluding hydrogens is 230 g/mol. The van der Waals surface area contributed by atoms with E-state index < -0.39 is 0 Å². The maximum absolute atomic E-state index is 12.1. The Labute approximate surface area is 108 Å². The van der Waals surface area contributed by atoms with Gasteiger partial charge in [-0.2, -0.15) is 0 Å². The van der Waals surface area contributed by atoms with Gasteiger partial charge in [-0.1, -0.05) is 6.07 Å². The first-order valence-corrected chi connectivity index (χ1v) is 5.87. The highest BCUT2D eigenvalue weighted by molar-refractivity contribution is 5.97. The Morgan fingerprint density at radius 2 is 2.00 bits per heavy atom. The first-order valence-electron chi connectivity index (χ1n) is 5.87. The van der Waals surface area contributed by atoms with Gasteiger partial charge in [0.25, 0.3) is 5.91 Å². The van der Waals surface area contributed by atoms with Gasteiger partial charge in [0.15, 0.2) is 0 Å². The fourth-order valence-electron chi connectivity index (χ4n) is 1.45. The van der Waals surface area contributed by atoms with Crippen molar-refractivity contribution in [2.75, 3.05) is 20.8 Å². The van der Waals surface area contributed by atoms with Crippen LogP contribution in [0.3, 0.4) is 0 Å². The lowest BCUT2D eigenvalue weighted by atomic mass is 10.1. The molecule has 0 aromatic heterocycles. The van der Waals surface area contributed by atoms with Crippen LogP contribution in [-0.2, 0) is 4.74 Å². The van der Waals surface area contributed by atoms with Gasteiger partial charge in [-0.05, 0) is 38.5 Å². The van der Waals surface area contributed by atoms with Crippen LogP contribution in [0, 0.1) is 6.92 Å². The number of nitrogens with one attached hydrogen (secondary N) is 1. The molecule has 1 rings (SSSR count). The lowest BCUT2D eigenvalue weighted by molar-refractivity contribution is 0.0228. The topological polar surface area (TPSA) is 47.6 Å². The number of carbonyl (C=O) groups is 1. The number of amides is 1. The Balaban J connectivity index is 2.79. The molecule has 0 saturated carbocycles. The molecule has 0 fully saturated rings. The van der Waals surface area contributed by atoms with Crippen molar-refractivity contribution in [1.82, 2.24) is 5.32 Å². The molecule has 0 bridgehead atoms. The summed E-state index contributed by atoms with van der Waals surface area (Å²) in [6.07, 6.45) is 0. The van der Waals surface area contributed by atoms with E-state index in [1.165, 1.54) is 0 Å². The summed E-state index contributed by atoms with van der Waals surface area (Å²) in [5.41, 5.74) is 1.21. The quantitative estimate of drug-likeness (QED) is 0.872. The van der Waals surface area contributed by atoms with Crippen LogP contribution >= 0.6 is 0 Å². The van der Waals surface area contributed by atoms with Crippen LogP contribution in [0.5, 0.6) is 5.75 Å². The number of benzene rings is 1. The maximum Gasteiger partial charge on any atom is 0.255 e. The van der Waals surface area contributed by atoms with Gasteiger partial charge >= 0.3 is 0 Å². The van der Waals surface area contributed by atoms with Crippen molar-refractivity contribution in [3.8, 4) is 5.75 Å². The van der Waals surface area contributed by atoms with Crippen molar-refractivity contribution in [3.05, 3.63) is 29.3 Å². The second-order valence-electron chi connectivity index (χ2n) is 4.85. The fourth-order valence-corrected chi connectivity index (χ4v) is 1.45. The van der Waals surface area contributed by atoms with E-state index in [2.05, 4.69) is 5.32 Å². The molecule has 0 aliphatic heterocycles. The first kappa shape index (κ1) is 14.5. The highest BCUT2D eigenvalue weighted by Crippen LogP contribution is 2.19. The van der Waals surface area contributed by atoms with E-state index in [-0.39, 0.29) is 11.5 Å². The van der Waals surface area contributed by atoms with Gasteiger partial charge in [-0.15, -0.1) is 0 Å². The van der Waals surface area contributed by atoms with Crippen LogP contribution in [0.1, 0.15) is 29.8 Å². The van der Waals surface area contributed by atoms with Crippen LogP contribution in [-0.4, -0.2) is 32.3 Å². The van der Waals surface area contributed by atoms with Crippen molar-refractivity contribution < 1.29 is 14.3 Å². The Morgan fingerprint density at radius 3 is 2.56 bits per heavy atom. The molecule has 0 spiro atoms. The smallest absolute Gasteiger partial charge is 0.255 e. The van der Waals surface area contributed by atoms with Gasteiger partial charge in [0, 0.05) is 13.7 Å². The number of ether oxygens (including phenoxy) is 2. The third kappa shape index (κ3) is 3.74. The molecule has 4 heteroatoms. The number of rotatable bonds is 5. The maximum atomic E-state index is 12.1. The van der Waals surface area contributed by atoms with Gasteiger partial charge in [-0.25, -0.2) is 0 Å². The van der Waals surface area contributed by atoms with Gasteiger partial charge < -0.3 is 14.8 Å². The molecule has 0 unspecified atom stereocenters. The molecule has 0 aliphatic carbocycles. The van der Waals surface area contributed by atoms with Crippen LogP contribution < -0.4 is 10.1 Å². The molecule has 18 heavy (non-hydrogen) atoms. The molecule has 1 aromatic rings. The lowest BCUT2D eigenvalue weighted by Crippen LogP contribution is -2.39. The molecule has 0 aliphatic rings. The molecule has 1 amide bonds. The Bertz CT molecular complexity index is 427. The lowest BCUT2D eigenvalue weighted by Gasteiger charge is -2.23. The van der Waals surface area contributed by atoms with E-state index in [0.29, 0.717) is 17.9 Å². The minimum Gasteiger partial charge on any atom is -0.496 e. The van der Waals surface area contributed by atoms with Gasteiger partial charge in [0.05, 0.1) is 18.3 Å². The van der Waals surface area contributed by atoms with Crippen molar-refractivity contribution >= 4 is 5.91 Å². The Hall–Kier alpha value is -1.55. The SMILES string of the molecule is COc1cc(C)ccc1C(=O)NCC(C)(C)OC. The molecule has 0 atom stereocenters. The molecular formula is C14H21NO3. The number of aryl methyl sites for hydroxylation is 1. The largest absolute Gasteiger partial charge is 0.496 e. The minimum atomic E-state index is -0.381. The molecule has 0 radical (unpaired) electrons. The third-order valence-electron chi connectivity index (χ3n) is 2.83. The summed E-state index contributed by atoms with van der Waals surface area (Å²) in [5, 5.41) is 2.84. The number of hydrogen-bond donors (Lipinski definition) is 1.